The van der Waals surface area contributed by atoms with Crippen LogP contribution in [0.15, 0.2) is 12.1 Å². The number of carbonyl (C=O) groups is 2. The number of benzene rings is 1. The van der Waals surface area contributed by atoms with Gasteiger partial charge in [0.2, 0.25) is 0 Å². The molecule has 0 saturated carbocycles. The van der Waals surface area contributed by atoms with Crippen molar-refractivity contribution in [1.29, 1.82) is 0 Å². The fraction of sp³-hybridized carbons (Fsp3) is 0. The Balaban J connectivity index is 0. The van der Waals surface area contributed by atoms with Crippen molar-refractivity contribution in [3.8, 4) is 0 Å². The minimum absolute atomic E-state index is 0. The standard InChI is InChI=1S/C8H3Cl3O3.Na.H/c9-4-1-2-5(10)7(11)6(4)8(13)14-3-12;;/h1-3H;;/q;+1;-1. The average Bonchev–Trinajstić information content (AvgIpc) is 2.13. The van der Waals surface area contributed by atoms with Gasteiger partial charge in [-0.15, -0.1) is 0 Å². The number of esters is 1. The maximum Gasteiger partial charge on any atom is 1.00 e. The summed E-state index contributed by atoms with van der Waals surface area (Å²) >= 11 is 17.0. The van der Waals surface area contributed by atoms with E-state index in [4.69, 9.17) is 34.8 Å². The van der Waals surface area contributed by atoms with Gasteiger partial charge in [-0.05, 0) is 12.1 Å². The van der Waals surface area contributed by atoms with E-state index in [0.29, 0.717) is 0 Å². The van der Waals surface area contributed by atoms with Gasteiger partial charge < -0.3 is 6.16 Å². The van der Waals surface area contributed by atoms with E-state index in [1.807, 2.05) is 0 Å². The SMILES string of the molecule is O=COC(=O)c1c(Cl)ccc(Cl)c1Cl.[H-].[Na+]. The zero-order chi connectivity index (χ0) is 10.7. The normalized spacial score (nSPS) is 9.00. The van der Waals surface area contributed by atoms with Gasteiger partial charge in [-0.2, -0.15) is 0 Å². The van der Waals surface area contributed by atoms with Crippen molar-refractivity contribution in [1.82, 2.24) is 0 Å². The third kappa shape index (κ3) is 3.63. The van der Waals surface area contributed by atoms with E-state index in [0.717, 1.165) is 0 Å². The monoisotopic (exact) mass is 276 g/mol. The van der Waals surface area contributed by atoms with Gasteiger partial charge in [-0.3, -0.25) is 4.79 Å². The molecule has 0 aliphatic heterocycles. The van der Waals surface area contributed by atoms with E-state index < -0.39 is 5.97 Å². The molecule has 0 unspecified atom stereocenters. The van der Waals surface area contributed by atoms with Crippen LogP contribution in [0.3, 0.4) is 0 Å². The van der Waals surface area contributed by atoms with Gasteiger partial charge in [0.15, 0.2) is 0 Å². The quantitative estimate of drug-likeness (QED) is 0.253. The molecule has 7 heteroatoms. The molecular weight excluding hydrogens is 273 g/mol. The first kappa shape index (κ1) is 15.2. The minimum Gasteiger partial charge on any atom is -1.00 e. The van der Waals surface area contributed by atoms with Crippen LogP contribution in [-0.4, -0.2) is 12.4 Å². The molecule has 0 bridgehead atoms. The number of ether oxygens (including phenoxy) is 1. The molecule has 0 radical (unpaired) electrons. The fourth-order valence-electron chi connectivity index (χ4n) is 0.817. The zero-order valence-corrected chi connectivity index (χ0v) is 11.9. The van der Waals surface area contributed by atoms with Crippen LogP contribution in [0.4, 0.5) is 0 Å². The van der Waals surface area contributed by atoms with Gasteiger partial charge in [0.25, 0.3) is 0 Å². The third-order valence-corrected chi connectivity index (χ3v) is 2.52. The summed E-state index contributed by atoms with van der Waals surface area (Å²) in [4.78, 5) is 21.1. The van der Waals surface area contributed by atoms with Gasteiger partial charge in [0, 0.05) is 0 Å². The predicted molar refractivity (Wildman–Crippen MR) is 54.1 cm³/mol. The summed E-state index contributed by atoms with van der Waals surface area (Å²) < 4.78 is 4.10. The zero-order valence-electron chi connectivity index (χ0n) is 8.59. The first-order valence-electron chi connectivity index (χ1n) is 3.36. The molecule has 0 N–H and O–H groups in total. The summed E-state index contributed by atoms with van der Waals surface area (Å²) in [6, 6.07) is 2.82. The summed E-state index contributed by atoms with van der Waals surface area (Å²) in [5, 5.41) is 0.200. The van der Waals surface area contributed by atoms with Crippen LogP contribution in [-0.2, 0) is 9.53 Å². The van der Waals surface area contributed by atoms with Gasteiger partial charge in [0.05, 0.1) is 20.6 Å². The van der Waals surface area contributed by atoms with Gasteiger partial charge in [-0.25, -0.2) is 4.79 Å². The maximum atomic E-state index is 11.2. The van der Waals surface area contributed by atoms with Crippen molar-refractivity contribution in [2.75, 3.05) is 0 Å². The Bertz CT molecular complexity index is 400. The molecule has 76 valence electrons. The van der Waals surface area contributed by atoms with Crippen LogP contribution in [0.5, 0.6) is 0 Å². The number of halogens is 3. The van der Waals surface area contributed by atoms with E-state index in [2.05, 4.69) is 4.74 Å². The molecule has 0 aromatic heterocycles. The van der Waals surface area contributed by atoms with Crippen molar-refractivity contribution < 1.29 is 45.3 Å². The number of rotatable bonds is 2. The van der Waals surface area contributed by atoms with Crippen molar-refractivity contribution in [2.45, 2.75) is 0 Å². The predicted octanol–water partition coefficient (Wildman–Crippen LogP) is 0.0765. The topological polar surface area (TPSA) is 43.4 Å². The van der Waals surface area contributed by atoms with E-state index in [-0.39, 0.29) is 58.1 Å². The Morgan fingerprint density at radius 2 is 1.80 bits per heavy atom. The van der Waals surface area contributed by atoms with Gasteiger partial charge in [0.1, 0.15) is 0 Å². The number of hydrogen-bond acceptors (Lipinski definition) is 3. The first-order chi connectivity index (χ1) is 6.57. The molecule has 3 nitrogen and oxygen atoms in total. The molecule has 15 heavy (non-hydrogen) atoms. The summed E-state index contributed by atoms with van der Waals surface area (Å²) in [5.74, 6) is -0.933. The molecule has 1 aromatic rings. The second-order valence-corrected chi connectivity index (χ2v) is 3.41. The van der Waals surface area contributed by atoms with Crippen molar-refractivity contribution >= 4 is 47.2 Å². The van der Waals surface area contributed by atoms with Crippen LogP contribution in [0.25, 0.3) is 0 Å². The fourth-order valence-corrected chi connectivity index (χ4v) is 1.50. The van der Waals surface area contributed by atoms with E-state index in [1.165, 1.54) is 12.1 Å². The van der Waals surface area contributed by atoms with Crippen molar-refractivity contribution in [3.63, 3.8) is 0 Å². The van der Waals surface area contributed by atoms with Crippen LogP contribution < -0.4 is 29.6 Å². The Labute approximate surface area is 124 Å². The van der Waals surface area contributed by atoms with Crippen LogP contribution >= 0.6 is 34.8 Å². The second-order valence-electron chi connectivity index (χ2n) is 2.22. The van der Waals surface area contributed by atoms with Crippen molar-refractivity contribution in [2.24, 2.45) is 0 Å². The van der Waals surface area contributed by atoms with Crippen molar-refractivity contribution in [3.05, 3.63) is 32.8 Å². The van der Waals surface area contributed by atoms with Crippen LogP contribution in [0, 0.1) is 0 Å². The second kappa shape index (κ2) is 6.74. The van der Waals surface area contributed by atoms with E-state index in [1.54, 1.807) is 0 Å². The molecular formula is C8H4Cl3NaO3. The maximum absolute atomic E-state index is 11.2. The number of carbonyl (C=O) groups excluding carboxylic acids is 2. The average molecular weight is 277 g/mol. The Hall–Kier alpha value is 0.230. The summed E-state index contributed by atoms with van der Waals surface area (Å²) in [6.07, 6.45) is 0. The van der Waals surface area contributed by atoms with Gasteiger partial charge in [-0.1, -0.05) is 34.8 Å². The van der Waals surface area contributed by atoms with Gasteiger partial charge >= 0.3 is 42.0 Å². The molecule has 0 amide bonds. The van der Waals surface area contributed by atoms with E-state index >= 15 is 0 Å². The Morgan fingerprint density at radius 3 is 2.33 bits per heavy atom. The summed E-state index contributed by atoms with van der Waals surface area (Å²) in [7, 11) is 0. The molecule has 1 aromatic carbocycles. The smallest absolute Gasteiger partial charge is 1.00 e. The summed E-state index contributed by atoms with van der Waals surface area (Å²) in [5.41, 5.74) is -0.118. The molecule has 0 fully saturated rings. The van der Waals surface area contributed by atoms with Crippen LogP contribution in [0.2, 0.25) is 15.1 Å². The molecule has 0 spiro atoms. The minimum atomic E-state index is -0.933. The first-order valence-corrected chi connectivity index (χ1v) is 4.49. The molecule has 0 heterocycles. The third-order valence-electron chi connectivity index (χ3n) is 1.40. The number of hydrogen-bond donors (Lipinski definition) is 0. The largest absolute Gasteiger partial charge is 1.00 e. The van der Waals surface area contributed by atoms with E-state index in [9.17, 15) is 9.59 Å². The molecule has 0 aliphatic rings. The molecule has 1 rings (SSSR count). The van der Waals surface area contributed by atoms with Crippen LogP contribution in [0.1, 0.15) is 11.8 Å². The molecule has 0 aliphatic carbocycles. The molecule has 0 atom stereocenters. The summed E-state index contributed by atoms with van der Waals surface area (Å²) in [6.45, 7) is -0.00407. The molecule has 0 saturated heterocycles. The Kier molecular flexibility index (Phi) is 6.84. The Morgan fingerprint density at radius 1 is 1.27 bits per heavy atom.